The van der Waals surface area contributed by atoms with Crippen LogP contribution >= 0.6 is 27.5 Å². The van der Waals surface area contributed by atoms with E-state index in [1.54, 1.807) is 0 Å². The Hall–Kier alpha value is -1.13. The van der Waals surface area contributed by atoms with Crippen LogP contribution in [0.1, 0.15) is 26.5 Å². The zero-order valence-electron chi connectivity index (χ0n) is 11.0. The SMILES string of the molecule is CC(C)(C)c1cc(N)nc(-c2ccc(Br)c(Cl)c2)n1. The van der Waals surface area contributed by atoms with E-state index in [-0.39, 0.29) is 5.41 Å². The quantitative estimate of drug-likeness (QED) is 0.835. The lowest BCUT2D eigenvalue weighted by atomic mass is 9.92. The number of aromatic nitrogens is 2. The lowest BCUT2D eigenvalue weighted by Crippen LogP contribution is -2.15. The molecule has 0 atom stereocenters. The van der Waals surface area contributed by atoms with Crippen molar-refractivity contribution in [1.29, 1.82) is 0 Å². The molecule has 3 nitrogen and oxygen atoms in total. The Morgan fingerprint density at radius 3 is 2.42 bits per heavy atom. The fraction of sp³-hybridized carbons (Fsp3) is 0.286. The summed E-state index contributed by atoms with van der Waals surface area (Å²) in [6, 6.07) is 7.43. The summed E-state index contributed by atoms with van der Waals surface area (Å²) in [5.74, 6) is 1.06. The standard InChI is InChI=1S/C14H15BrClN3/c1-14(2,3)11-7-12(17)19-13(18-11)8-4-5-9(15)10(16)6-8/h4-7H,1-3H3,(H2,17,18,19). The third-order valence-corrected chi connectivity index (χ3v) is 3.92. The first-order chi connectivity index (χ1) is 8.77. The van der Waals surface area contributed by atoms with E-state index < -0.39 is 0 Å². The number of benzene rings is 1. The van der Waals surface area contributed by atoms with E-state index in [1.165, 1.54) is 0 Å². The summed E-state index contributed by atoms with van der Waals surface area (Å²) in [6.45, 7) is 6.27. The molecule has 1 aromatic heterocycles. The normalized spacial score (nSPS) is 11.6. The highest BCUT2D eigenvalue weighted by Crippen LogP contribution is 2.29. The Bertz CT molecular complexity index is 621. The zero-order valence-corrected chi connectivity index (χ0v) is 13.4. The predicted octanol–water partition coefficient (Wildman–Crippen LogP) is 4.44. The van der Waals surface area contributed by atoms with Gasteiger partial charge in [-0.15, -0.1) is 0 Å². The largest absolute Gasteiger partial charge is 0.384 e. The second kappa shape index (κ2) is 5.10. The maximum atomic E-state index is 6.10. The van der Waals surface area contributed by atoms with Gasteiger partial charge in [-0.2, -0.15) is 0 Å². The first-order valence-corrected chi connectivity index (χ1v) is 7.05. The number of nitrogens with two attached hydrogens (primary N) is 1. The minimum Gasteiger partial charge on any atom is -0.384 e. The zero-order chi connectivity index (χ0) is 14.2. The molecule has 0 radical (unpaired) electrons. The van der Waals surface area contributed by atoms with Crippen LogP contribution in [0, 0.1) is 0 Å². The van der Waals surface area contributed by atoms with E-state index in [4.69, 9.17) is 17.3 Å². The van der Waals surface area contributed by atoms with E-state index in [1.807, 2.05) is 24.3 Å². The Kier molecular flexibility index (Phi) is 3.83. The number of rotatable bonds is 1. The molecule has 2 rings (SSSR count). The molecule has 0 aliphatic rings. The van der Waals surface area contributed by atoms with Crippen molar-refractivity contribution in [3.8, 4) is 11.4 Å². The van der Waals surface area contributed by atoms with Crippen LogP contribution in [0.2, 0.25) is 5.02 Å². The molecule has 0 aliphatic carbocycles. The lowest BCUT2D eigenvalue weighted by Gasteiger charge is -2.18. The lowest BCUT2D eigenvalue weighted by molar-refractivity contribution is 0.568. The molecule has 0 saturated carbocycles. The molecular weight excluding hydrogens is 326 g/mol. The van der Waals surface area contributed by atoms with Gasteiger partial charge in [0.1, 0.15) is 5.82 Å². The van der Waals surface area contributed by atoms with Gasteiger partial charge in [-0.05, 0) is 34.1 Å². The molecule has 100 valence electrons. The van der Waals surface area contributed by atoms with Crippen LogP contribution in [0.15, 0.2) is 28.7 Å². The fourth-order valence-corrected chi connectivity index (χ4v) is 2.04. The van der Waals surface area contributed by atoms with E-state index in [2.05, 4.69) is 46.7 Å². The van der Waals surface area contributed by atoms with Gasteiger partial charge in [0.15, 0.2) is 5.82 Å². The van der Waals surface area contributed by atoms with Gasteiger partial charge in [0, 0.05) is 21.5 Å². The molecule has 0 fully saturated rings. The van der Waals surface area contributed by atoms with E-state index in [0.29, 0.717) is 16.7 Å². The van der Waals surface area contributed by atoms with Crippen LogP contribution in [-0.2, 0) is 5.41 Å². The number of nitrogens with zero attached hydrogens (tertiary/aromatic N) is 2. The molecule has 0 spiro atoms. The molecule has 5 heteroatoms. The monoisotopic (exact) mass is 339 g/mol. The molecule has 19 heavy (non-hydrogen) atoms. The number of halogens is 2. The van der Waals surface area contributed by atoms with Crippen molar-refractivity contribution in [3.63, 3.8) is 0 Å². The van der Waals surface area contributed by atoms with Crippen molar-refractivity contribution in [2.24, 2.45) is 0 Å². The van der Waals surface area contributed by atoms with E-state index >= 15 is 0 Å². The highest BCUT2D eigenvalue weighted by molar-refractivity contribution is 9.10. The van der Waals surface area contributed by atoms with Crippen LogP contribution in [0.3, 0.4) is 0 Å². The van der Waals surface area contributed by atoms with Crippen molar-refractivity contribution >= 4 is 33.3 Å². The summed E-state index contributed by atoms with van der Waals surface area (Å²) in [4.78, 5) is 8.86. The van der Waals surface area contributed by atoms with Crippen molar-refractivity contribution in [1.82, 2.24) is 9.97 Å². The Labute approximate surface area is 126 Å². The minimum absolute atomic E-state index is 0.0784. The average Bonchev–Trinajstić information content (AvgIpc) is 2.31. The smallest absolute Gasteiger partial charge is 0.161 e. The van der Waals surface area contributed by atoms with Crippen molar-refractivity contribution in [2.45, 2.75) is 26.2 Å². The van der Waals surface area contributed by atoms with Crippen molar-refractivity contribution in [2.75, 3.05) is 5.73 Å². The summed E-state index contributed by atoms with van der Waals surface area (Å²) in [5.41, 5.74) is 7.55. The van der Waals surface area contributed by atoms with Gasteiger partial charge in [0.25, 0.3) is 0 Å². The summed E-state index contributed by atoms with van der Waals surface area (Å²) in [7, 11) is 0. The van der Waals surface area contributed by atoms with Gasteiger partial charge in [0.05, 0.1) is 10.7 Å². The van der Waals surface area contributed by atoms with Gasteiger partial charge in [-0.3, -0.25) is 0 Å². The van der Waals surface area contributed by atoms with Gasteiger partial charge < -0.3 is 5.73 Å². The summed E-state index contributed by atoms with van der Waals surface area (Å²) < 4.78 is 0.845. The summed E-state index contributed by atoms with van der Waals surface area (Å²) in [5, 5.41) is 0.626. The Morgan fingerprint density at radius 1 is 1.16 bits per heavy atom. The second-order valence-corrected chi connectivity index (χ2v) is 6.64. The van der Waals surface area contributed by atoms with Crippen LogP contribution in [0.25, 0.3) is 11.4 Å². The molecular formula is C14H15BrClN3. The molecule has 0 unspecified atom stereocenters. The Balaban J connectivity index is 2.56. The third-order valence-electron chi connectivity index (χ3n) is 2.69. The van der Waals surface area contributed by atoms with E-state index in [0.717, 1.165) is 15.7 Å². The van der Waals surface area contributed by atoms with Crippen LogP contribution < -0.4 is 5.73 Å². The van der Waals surface area contributed by atoms with Crippen LogP contribution in [0.5, 0.6) is 0 Å². The van der Waals surface area contributed by atoms with Gasteiger partial charge >= 0.3 is 0 Å². The van der Waals surface area contributed by atoms with Crippen molar-refractivity contribution < 1.29 is 0 Å². The number of nitrogen functional groups attached to an aromatic ring is 1. The second-order valence-electron chi connectivity index (χ2n) is 5.38. The molecule has 2 aromatic rings. The third kappa shape index (κ3) is 3.25. The molecule has 1 heterocycles. The topological polar surface area (TPSA) is 51.8 Å². The predicted molar refractivity (Wildman–Crippen MR) is 83.3 cm³/mol. The average molecular weight is 341 g/mol. The van der Waals surface area contributed by atoms with E-state index in [9.17, 15) is 0 Å². The molecule has 0 saturated heterocycles. The minimum atomic E-state index is -0.0784. The van der Waals surface area contributed by atoms with Gasteiger partial charge in [0.2, 0.25) is 0 Å². The first-order valence-electron chi connectivity index (χ1n) is 5.88. The first kappa shape index (κ1) is 14.3. The molecule has 0 aliphatic heterocycles. The van der Waals surface area contributed by atoms with Crippen molar-refractivity contribution in [3.05, 3.63) is 39.5 Å². The summed E-state index contributed by atoms with van der Waals surface area (Å²) in [6.07, 6.45) is 0. The molecule has 0 amide bonds. The fourth-order valence-electron chi connectivity index (χ4n) is 1.61. The number of anilines is 1. The highest BCUT2D eigenvalue weighted by Gasteiger charge is 2.18. The van der Waals surface area contributed by atoms with Gasteiger partial charge in [-0.25, -0.2) is 9.97 Å². The van der Waals surface area contributed by atoms with Gasteiger partial charge in [-0.1, -0.05) is 32.4 Å². The Morgan fingerprint density at radius 2 is 1.84 bits per heavy atom. The van der Waals surface area contributed by atoms with Crippen LogP contribution in [0.4, 0.5) is 5.82 Å². The maximum Gasteiger partial charge on any atom is 0.161 e. The molecule has 1 aromatic carbocycles. The number of hydrogen-bond acceptors (Lipinski definition) is 3. The molecule has 2 N–H and O–H groups in total. The maximum absolute atomic E-state index is 6.10. The highest BCUT2D eigenvalue weighted by atomic mass is 79.9. The number of hydrogen-bond donors (Lipinski definition) is 1. The molecule has 0 bridgehead atoms. The van der Waals surface area contributed by atoms with Crippen LogP contribution in [-0.4, -0.2) is 9.97 Å². The summed E-state index contributed by atoms with van der Waals surface area (Å²) >= 11 is 9.46.